The molecular weight excluding hydrogens is 160 g/mol. The number of unbranched alkanes of at least 4 members (excludes halogenated alkanes) is 2. The molecule has 0 aromatic carbocycles. The Morgan fingerprint density at radius 1 is 1.42 bits per heavy atom. The molecule has 5 nitrogen and oxygen atoms in total. The van der Waals surface area contributed by atoms with Gasteiger partial charge in [-0.15, -0.1) is 0 Å². The molecule has 0 spiro atoms. The molecular formula is C7H14N2O3. The number of rotatable bonds is 7. The normalized spacial score (nSPS) is 9.42. The van der Waals surface area contributed by atoms with Crippen molar-refractivity contribution in [3.8, 4) is 0 Å². The van der Waals surface area contributed by atoms with Crippen LogP contribution in [0.1, 0.15) is 25.7 Å². The van der Waals surface area contributed by atoms with Crippen molar-refractivity contribution in [2.45, 2.75) is 25.7 Å². The summed E-state index contributed by atoms with van der Waals surface area (Å²) in [6.07, 6.45) is 2.90. The summed E-state index contributed by atoms with van der Waals surface area (Å²) < 4.78 is 0. The maximum atomic E-state index is 10.3. The lowest BCUT2D eigenvalue weighted by atomic mass is 10.2. The number of nitrogens with zero attached hydrogens (tertiary/aromatic N) is 1. The van der Waals surface area contributed by atoms with Gasteiger partial charge in [0.15, 0.2) is 0 Å². The summed E-state index contributed by atoms with van der Waals surface area (Å²) in [5.41, 5.74) is 4.91. The van der Waals surface area contributed by atoms with E-state index in [1.165, 1.54) is 0 Å². The summed E-state index contributed by atoms with van der Waals surface area (Å²) in [5, 5.41) is 9.23. The molecule has 3 N–H and O–H groups in total. The van der Waals surface area contributed by atoms with Crippen LogP contribution in [0.5, 0.6) is 0 Å². The predicted molar refractivity (Wildman–Crippen MR) is 42.2 cm³/mol. The lowest BCUT2D eigenvalue weighted by Crippen LogP contribution is -2.18. The van der Waals surface area contributed by atoms with Gasteiger partial charge in [0.1, 0.15) is 0 Å². The second-order valence-corrected chi connectivity index (χ2v) is 2.55. The maximum absolute atomic E-state index is 10.3. The predicted octanol–water partition coefficient (Wildman–Crippen LogP) is -0.120. The van der Waals surface area contributed by atoms with E-state index in [4.69, 9.17) is 10.9 Å². The van der Waals surface area contributed by atoms with Crippen LogP contribution in [0.2, 0.25) is 0 Å². The number of primary amides is 1. The number of hydrogen-bond donors (Lipinski definition) is 2. The molecule has 0 saturated heterocycles. The van der Waals surface area contributed by atoms with Gasteiger partial charge in [-0.25, -0.2) is 5.06 Å². The molecule has 5 heteroatoms. The number of amides is 2. The number of carbonyl (C=O) groups is 2. The van der Waals surface area contributed by atoms with E-state index in [1.807, 2.05) is 0 Å². The second-order valence-electron chi connectivity index (χ2n) is 2.55. The Morgan fingerprint density at radius 2 is 2.08 bits per heavy atom. The van der Waals surface area contributed by atoms with Crippen molar-refractivity contribution in [2.75, 3.05) is 6.54 Å². The number of hydroxylamine groups is 2. The molecule has 0 aromatic heterocycles. The van der Waals surface area contributed by atoms with E-state index in [0.29, 0.717) is 37.3 Å². The first kappa shape index (κ1) is 10.9. The van der Waals surface area contributed by atoms with Crippen LogP contribution in [-0.2, 0) is 9.59 Å². The Morgan fingerprint density at radius 3 is 2.58 bits per heavy atom. The molecule has 2 amide bonds. The van der Waals surface area contributed by atoms with Crippen LogP contribution in [0.3, 0.4) is 0 Å². The molecule has 0 unspecified atom stereocenters. The zero-order chi connectivity index (χ0) is 9.40. The first-order valence-corrected chi connectivity index (χ1v) is 3.86. The molecule has 0 aromatic rings. The molecule has 0 aliphatic carbocycles. The SMILES string of the molecule is NC(=O)CCCCCN(O)C=O. The van der Waals surface area contributed by atoms with Gasteiger partial charge in [0.05, 0.1) is 0 Å². The fraction of sp³-hybridized carbons (Fsp3) is 0.714. The molecule has 70 valence electrons. The molecule has 0 heterocycles. The highest BCUT2D eigenvalue weighted by Gasteiger charge is 1.97. The first-order chi connectivity index (χ1) is 5.66. The van der Waals surface area contributed by atoms with E-state index in [2.05, 4.69) is 0 Å². The molecule has 0 atom stereocenters. The summed E-state index contributed by atoms with van der Waals surface area (Å²) in [7, 11) is 0. The minimum absolute atomic E-state index is 0.308. The second kappa shape index (κ2) is 6.60. The topological polar surface area (TPSA) is 83.6 Å². The van der Waals surface area contributed by atoms with Gasteiger partial charge < -0.3 is 5.73 Å². The van der Waals surface area contributed by atoms with Crippen LogP contribution in [0.25, 0.3) is 0 Å². The van der Waals surface area contributed by atoms with E-state index < -0.39 is 0 Å². The molecule has 0 aliphatic rings. The Balaban J connectivity index is 3.10. The highest BCUT2D eigenvalue weighted by molar-refractivity contribution is 5.73. The van der Waals surface area contributed by atoms with E-state index in [9.17, 15) is 9.59 Å². The van der Waals surface area contributed by atoms with Crippen molar-refractivity contribution >= 4 is 12.3 Å². The van der Waals surface area contributed by atoms with Crippen LogP contribution in [0.4, 0.5) is 0 Å². The zero-order valence-corrected chi connectivity index (χ0v) is 6.90. The van der Waals surface area contributed by atoms with Gasteiger partial charge in [-0.1, -0.05) is 6.42 Å². The van der Waals surface area contributed by atoms with Crippen molar-refractivity contribution in [3.05, 3.63) is 0 Å². The Hall–Kier alpha value is -1.10. The number of hydrogen-bond acceptors (Lipinski definition) is 3. The summed E-state index contributed by atoms with van der Waals surface area (Å²) in [6.45, 7) is 0.308. The standard InChI is InChI=1S/C7H14N2O3/c8-7(11)4-2-1-3-5-9(12)6-10/h6,12H,1-5H2,(H2,8,11). The Kier molecular flexibility index (Phi) is 6.00. The average Bonchev–Trinajstić information content (AvgIpc) is 2.03. The highest BCUT2D eigenvalue weighted by atomic mass is 16.5. The van der Waals surface area contributed by atoms with Crippen molar-refractivity contribution < 1.29 is 14.8 Å². The van der Waals surface area contributed by atoms with Gasteiger partial charge in [0, 0.05) is 13.0 Å². The monoisotopic (exact) mass is 174 g/mol. The summed E-state index contributed by atoms with van der Waals surface area (Å²) in [4.78, 5) is 20.1. The van der Waals surface area contributed by atoms with Crippen LogP contribution in [0.15, 0.2) is 0 Å². The minimum Gasteiger partial charge on any atom is -0.370 e. The lowest BCUT2D eigenvalue weighted by Gasteiger charge is -2.06. The van der Waals surface area contributed by atoms with Crippen molar-refractivity contribution in [3.63, 3.8) is 0 Å². The van der Waals surface area contributed by atoms with Crippen LogP contribution < -0.4 is 5.73 Å². The average molecular weight is 174 g/mol. The van der Waals surface area contributed by atoms with Crippen molar-refractivity contribution in [1.82, 2.24) is 5.06 Å². The third kappa shape index (κ3) is 7.01. The molecule has 0 radical (unpaired) electrons. The van der Waals surface area contributed by atoms with E-state index in [0.717, 1.165) is 6.42 Å². The molecule has 0 fully saturated rings. The summed E-state index contributed by atoms with van der Waals surface area (Å²) in [5.74, 6) is -0.314. The number of nitrogens with two attached hydrogens (primary N) is 1. The summed E-state index contributed by atoms with van der Waals surface area (Å²) >= 11 is 0. The van der Waals surface area contributed by atoms with Gasteiger partial charge in [-0.3, -0.25) is 14.8 Å². The number of carbonyl (C=O) groups excluding carboxylic acids is 2. The largest absolute Gasteiger partial charge is 0.370 e. The third-order valence-corrected chi connectivity index (χ3v) is 1.43. The molecule has 0 rings (SSSR count). The van der Waals surface area contributed by atoms with Gasteiger partial charge in [-0.2, -0.15) is 0 Å². The molecule has 0 saturated carbocycles. The van der Waals surface area contributed by atoms with Crippen molar-refractivity contribution in [2.24, 2.45) is 5.73 Å². The first-order valence-electron chi connectivity index (χ1n) is 3.86. The van der Waals surface area contributed by atoms with E-state index in [-0.39, 0.29) is 5.91 Å². The van der Waals surface area contributed by atoms with Gasteiger partial charge >= 0.3 is 0 Å². The molecule has 0 bridgehead atoms. The Labute approximate surface area is 71.1 Å². The smallest absolute Gasteiger partial charge is 0.233 e. The van der Waals surface area contributed by atoms with Gasteiger partial charge in [-0.05, 0) is 12.8 Å². The minimum atomic E-state index is -0.314. The summed E-state index contributed by atoms with van der Waals surface area (Å²) in [6, 6.07) is 0. The fourth-order valence-electron chi connectivity index (χ4n) is 0.803. The molecule has 12 heavy (non-hydrogen) atoms. The highest BCUT2D eigenvalue weighted by Crippen LogP contribution is 1.99. The van der Waals surface area contributed by atoms with Gasteiger partial charge in [0.25, 0.3) is 0 Å². The maximum Gasteiger partial charge on any atom is 0.233 e. The van der Waals surface area contributed by atoms with Crippen LogP contribution >= 0.6 is 0 Å². The quantitative estimate of drug-likeness (QED) is 0.244. The van der Waals surface area contributed by atoms with Crippen LogP contribution in [0, 0.1) is 0 Å². The Bertz CT molecular complexity index is 150. The lowest BCUT2D eigenvalue weighted by molar-refractivity contribution is -0.149. The van der Waals surface area contributed by atoms with Crippen molar-refractivity contribution in [1.29, 1.82) is 0 Å². The van der Waals surface area contributed by atoms with Gasteiger partial charge in [0.2, 0.25) is 12.3 Å². The van der Waals surface area contributed by atoms with E-state index in [1.54, 1.807) is 0 Å². The van der Waals surface area contributed by atoms with E-state index >= 15 is 0 Å². The zero-order valence-electron chi connectivity index (χ0n) is 6.90. The van der Waals surface area contributed by atoms with Crippen LogP contribution in [-0.4, -0.2) is 29.1 Å². The molecule has 0 aliphatic heterocycles. The fourth-order valence-corrected chi connectivity index (χ4v) is 0.803. The third-order valence-electron chi connectivity index (χ3n) is 1.43.